The molecule has 0 radical (unpaired) electrons. The van der Waals surface area contributed by atoms with Crippen LogP contribution in [-0.2, 0) is 9.53 Å². The maximum atomic E-state index is 13.4. The van der Waals surface area contributed by atoms with E-state index in [4.69, 9.17) is 9.47 Å². The number of fused-ring (bicyclic) bond motifs is 7. The topological polar surface area (TPSA) is 69.7 Å². The number of allylic oxidation sites excluding steroid dienone is 1. The number of hydrogen-bond donors (Lipinski definition) is 0. The standard InChI is InChI=1S/C44H62O5/c1-26(2)30-16-19-41(7)22-23-43(9)32(39(30)41)13-14-35-42(8)20-18-36(40(5,6)34(42)17-21-44(35,43)10)49-37(47)15-12-29-24-31(27(3)45)38(28(4)46)33(25-29)48-11/h12,15,24-25,30,32,34-36,39H,1,13-14,16-23H2,2-11H3/b15-12+/t30-,32-,34+,35-,36-,39-,41+,42-,43-,44+/m0/s1. The van der Waals surface area contributed by atoms with Crippen LogP contribution >= 0.6 is 0 Å². The number of carbonyl (C=O) groups is 3. The fourth-order valence-corrected chi connectivity index (χ4v) is 13.6. The van der Waals surface area contributed by atoms with Gasteiger partial charge in [-0.1, -0.05) is 53.7 Å². The molecule has 10 atom stereocenters. The Morgan fingerprint density at radius 2 is 1.51 bits per heavy atom. The van der Waals surface area contributed by atoms with E-state index in [1.165, 1.54) is 84.0 Å². The molecule has 1 aromatic carbocycles. The Morgan fingerprint density at radius 1 is 0.796 bits per heavy atom. The molecule has 5 heteroatoms. The zero-order valence-corrected chi connectivity index (χ0v) is 32.1. The lowest BCUT2D eigenvalue weighted by molar-refractivity contribution is -0.248. The summed E-state index contributed by atoms with van der Waals surface area (Å²) in [7, 11) is 1.48. The molecule has 5 fully saturated rings. The molecule has 268 valence electrons. The Bertz CT molecular complexity index is 1580. The minimum Gasteiger partial charge on any atom is -0.496 e. The van der Waals surface area contributed by atoms with Crippen molar-refractivity contribution in [2.75, 3.05) is 7.11 Å². The van der Waals surface area contributed by atoms with E-state index in [1.54, 1.807) is 18.2 Å². The SMILES string of the molecule is C=C(C)[C@@H]1CC[C@]2(C)CC[C@@]3(C)[C@@H](CC[C@H]4[C@@]5(C)CC[C@H](OC(=O)/C=C/c6cc(OC)c(C(C)=O)c(C(C)=O)c6)C(C)(C)[C@H]5CC[C@]43C)[C@H]12. The largest absolute Gasteiger partial charge is 0.496 e. The molecule has 5 aliphatic rings. The van der Waals surface area contributed by atoms with Gasteiger partial charge in [-0.15, -0.1) is 0 Å². The number of carbonyl (C=O) groups excluding carboxylic acids is 3. The maximum Gasteiger partial charge on any atom is 0.331 e. The van der Waals surface area contributed by atoms with Crippen molar-refractivity contribution in [1.29, 1.82) is 0 Å². The number of methoxy groups -OCH3 is 1. The number of ketones is 2. The van der Waals surface area contributed by atoms with E-state index in [0.717, 1.165) is 24.7 Å². The lowest BCUT2D eigenvalue weighted by atomic mass is 9.32. The number of rotatable bonds is 7. The van der Waals surface area contributed by atoms with Crippen molar-refractivity contribution in [3.63, 3.8) is 0 Å². The molecule has 5 saturated carbocycles. The first kappa shape index (κ1) is 36.1. The number of ether oxygens (including phenoxy) is 2. The van der Waals surface area contributed by atoms with Gasteiger partial charge in [0.25, 0.3) is 0 Å². The fourth-order valence-electron chi connectivity index (χ4n) is 13.6. The molecule has 6 rings (SSSR count). The van der Waals surface area contributed by atoms with Crippen molar-refractivity contribution in [2.24, 2.45) is 56.7 Å². The van der Waals surface area contributed by atoms with Gasteiger partial charge in [-0.05, 0) is 160 Å². The summed E-state index contributed by atoms with van der Waals surface area (Å²) in [4.78, 5) is 38.0. The van der Waals surface area contributed by atoms with Crippen molar-refractivity contribution in [2.45, 2.75) is 133 Å². The summed E-state index contributed by atoms with van der Waals surface area (Å²) in [6.07, 6.45) is 15.4. The summed E-state index contributed by atoms with van der Waals surface area (Å²) in [5.74, 6) is 2.88. The molecule has 0 unspecified atom stereocenters. The quantitative estimate of drug-likeness (QED) is 0.125. The monoisotopic (exact) mass is 670 g/mol. The lowest BCUT2D eigenvalue weighted by Crippen LogP contribution is -2.66. The molecule has 5 nitrogen and oxygen atoms in total. The van der Waals surface area contributed by atoms with Gasteiger partial charge in [0, 0.05) is 17.1 Å². The van der Waals surface area contributed by atoms with Crippen LogP contribution in [-0.4, -0.2) is 30.7 Å². The fraction of sp³-hybridized carbons (Fsp3) is 0.705. The van der Waals surface area contributed by atoms with Crippen LogP contribution in [0.3, 0.4) is 0 Å². The van der Waals surface area contributed by atoms with Crippen LogP contribution in [0.5, 0.6) is 5.75 Å². The molecule has 0 saturated heterocycles. The third-order valence-electron chi connectivity index (χ3n) is 16.2. The van der Waals surface area contributed by atoms with Crippen molar-refractivity contribution >= 4 is 23.6 Å². The van der Waals surface area contributed by atoms with Gasteiger partial charge in [-0.3, -0.25) is 9.59 Å². The molecule has 5 aliphatic carbocycles. The van der Waals surface area contributed by atoms with Gasteiger partial charge in [0.2, 0.25) is 0 Å². The lowest BCUT2D eigenvalue weighted by Gasteiger charge is -2.73. The summed E-state index contributed by atoms with van der Waals surface area (Å²) >= 11 is 0. The highest BCUT2D eigenvalue weighted by Crippen LogP contribution is 2.77. The van der Waals surface area contributed by atoms with Crippen molar-refractivity contribution < 1.29 is 23.9 Å². The zero-order chi connectivity index (χ0) is 35.9. The second-order valence-corrected chi connectivity index (χ2v) is 18.7. The van der Waals surface area contributed by atoms with E-state index in [2.05, 4.69) is 55.0 Å². The first-order valence-electron chi connectivity index (χ1n) is 19.1. The molecule has 1 aromatic rings. The minimum atomic E-state index is -0.372. The molecule has 0 N–H and O–H groups in total. The van der Waals surface area contributed by atoms with E-state index in [0.29, 0.717) is 50.9 Å². The second-order valence-electron chi connectivity index (χ2n) is 18.7. The van der Waals surface area contributed by atoms with Gasteiger partial charge < -0.3 is 9.47 Å². The summed E-state index contributed by atoms with van der Waals surface area (Å²) in [5, 5.41) is 0. The van der Waals surface area contributed by atoms with Crippen LogP contribution in [0, 0.1) is 56.7 Å². The van der Waals surface area contributed by atoms with E-state index in [9.17, 15) is 14.4 Å². The molecule has 0 bridgehead atoms. The van der Waals surface area contributed by atoms with Crippen LogP contribution < -0.4 is 4.74 Å². The number of Topliss-reactive ketones (excluding diaryl/α,β-unsaturated/α-hetero) is 2. The predicted molar refractivity (Wildman–Crippen MR) is 197 cm³/mol. The molecule has 0 heterocycles. The van der Waals surface area contributed by atoms with E-state index >= 15 is 0 Å². The van der Waals surface area contributed by atoms with Crippen LogP contribution in [0.2, 0.25) is 0 Å². The van der Waals surface area contributed by atoms with Crippen LogP contribution in [0.15, 0.2) is 30.4 Å². The van der Waals surface area contributed by atoms with E-state index < -0.39 is 0 Å². The van der Waals surface area contributed by atoms with Crippen LogP contribution in [0.4, 0.5) is 0 Å². The smallest absolute Gasteiger partial charge is 0.331 e. The highest BCUT2D eigenvalue weighted by molar-refractivity contribution is 6.09. The zero-order valence-electron chi connectivity index (χ0n) is 32.1. The highest BCUT2D eigenvalue weighted by atomic mass is 16.5. The summed E-state index contributed by atoms with van der Waals surface area (Å²) in [6.45, 7) is 25.0. The molecular formula is C44H62O5. The molecule has 0 spiro atoms. The molecular weight excluding hydrogens is 608 g/mol. The minimum absolute atomic E-state index is 0.147. The van der Waals surface area contributed by atoms with Crippen LogP contribution in [0.25, 0.3) is 6.08 Å². The van der Waals surface area contributed by atoms with Gasteiger partial charge >= 0.3 is 5.97 Å². The first-order chi connectivity index (χ1) is 22.8. The molecule has 49 heavy (non-hydrogen) atoms. The van der Waals surface area contributed by atoms with Crippen molar-refractivity contribution in [1.82, 2.24) is 0 Å². The molecule has 0 aliphatic heterocycles. The Labute approximate surface area is 296 Å². The summed E-state index contributed by atoms with van der Waals surface area (Å²) in [6, 6.07) is 3.34. The normalized spacial score (nSPS) is 40.8. The van der Waals surface area contributed by atoms with Gasteiger partial charge in [-0.25, -0.2) is 4.79 Å². The Balaban J connectivity index is 1.21. The Morgan fingerprint density at radius 3 is 2.14 bits per heavy atom. The Kier molecular flexibility index (Phi) is 9.01. The number of benzene rings is 1. The first-order valence-corrected chi connectivity index (χ1v) is 19.1. The summed E-state index contributed by atoms with van der Waals surface area (Å²) < 4.78 is 11.7. The van der Waals surface area contributed by atoms with Crippen molar-refractivity contribution in [3.05, 3.63) is 47.1 Å². The van der Waals surface area contributed by atoms with E-state index in [1.807, 2.05) is 0 Å². The third kappa shape index (κ3) is 5.41. The summed E-state index contributed by atoms with van der Waals surface area (Å²) in [5.41, 5.74) is 3.78. The average Bonchev–Trinajstić information content (AvgIpc) is 3.39. The van der Waals surface area contributed by atoms with E-state index in [-0.39, 0.29) is 40.0 Å². The Hall–Kier alpha value is -2.69. The van der Waals surface area contributed by atoms with Gasteiger partial charge in [0.1, 0.15) is 11.9 Å². The van der Waals surface area contributed by atoms with Gasteiger partial charge in [-0.2, -0.15) is 0 Å². The van der Waals surface area contributed by atoms with Crippen molar-refractivity contribution in [3.8, 4) is 5.75 Å². The average molecular weight is 671 g/mol. The number of esters is 1. The second kappa shape index (κ2) is 12.2. The highest BCUT2D eigenvalue weighted by Gasteiger charge is 2.70. The third-order valence-corrected chi connectivity index (χ3v) is 16.2. The maximum absolute atomic E-state index is 13.4. The number of hydrogen-bond acceptors (Lipinski definition) is 5. The molecule has 0 amide bonds. The van der Waals surface area contributed by atoms with Gasteiger partial charge in [0.15, 0.2) is 11.6 Å². The molecule has 0 aromatic heterocycles. The predicted octanol–water partition coefficient (Wildman–Crippen LogP) is 10.7. The van der Waals surface area contributed by atoms with Gasteiger partial charge in [0.05, 0.1) is 12.7 Å². The van der Waals surface area contributed by atoms with Crippen LogP contribution in [0.1, 0.15) is 153 Å².